The Morgan fingerprint density at radius 1 is 1.45 bits per heavy atom. The van der Waals surface area contributed by atoms with Crippen LogP contribution >= 0.6 is 0 Å². The number of hydrogen-bond acceptors (Lipinski definition) is 4. The van der Waals surface area contributed by atoms with Crippen molar-refractivity contribution < 1.29 is 13.2 Å². The minimum atomic E-state index is -3.64. The van der Waals surface area contributed by atoms with Gasteiger partial charge in [0.1, 0.15) is 0 Å². The van der Waals surface area contributed by atoms with Crippen molar-refractivity contribution in [3.8, 4) is 0 Å². The highest BCUT2D eigenvalue weighted by Gasteiger charge is 2.28. The zero-order valence-electron chi connectivity index (χ0n) is 11.0. The lowest BCUT2D eigenvalue weighted by Crippen LogP contribution is -2.45. The summed E-state index contributed by atoms with van der Waals surface area (Å²) in [6.45, 7) is 1.02. The predicted molar refractivity (Wildman–Crippen MR) is 73.5 cm³/mol. The van der Waals surface area contributed by atoms with Gasteiger partial charge in [-0.3, -0.25) is 9.78 Å². The van der Waals surface area contributed by atoms with E-state index in [9.17, 15) is 13.2 Å². The number of piperidine rings is 1. The van der Waals surface area contributed by atoms with Crippen molar-refractivity contribution in [1.29, 1.82) is 0 Å². The van der Waals surface area contributed by atoms with E-state index in [-0.39, 0.29) is 11.8 Å². The van der Waals surface area contributed by atoms with Crippen molar-refractivity contribution in [3.63, 3.8) is 0 Å². The van der Waals surface area contributed by atoms with Crippen molar-refractivity contribution in [3.05, 3.63) is 30.1 Å². The van der Waals surface area contributed by atoms with Gasteiger partial charge in [0.2, 0.25) is 5.91 Å². The molecule has 1 aromatic rings. The number of carbonyl (C=O) groups is 1. The molecule has 0 radical (unpaired) electrons. The topological polar surface area (TPSA) is 105 Å². The molecule has 0 aromatic carbocycles. The van der Waals surface area contributed by atoms with E-state index in [2.05, 4.69) is 10.3 Å². The molecular weight excluding hydrogens is 280 g/mol. The predicted octanol–water partition coefficient (Wildman–Crippen LogP) is -0.387. The van der Waals surface area contributed by atoms with Crippen LogP contribution in [0.15, 0.2) is 24.5 Å². The molecule has 0 spiro atoms. The van der Waals surface area contributed by atoms with Crippen LogP contribution < -0.4 is 10.5 Å². The summed E-state index contributed by atoms with van der Waals surface area (Å²) in [5.74, 6) is -0.215. The Morgan fingerprint density at radius 3 is 2.70 bits per heavy atom. The van der Waals surface area contributed by atoms with E-state index in [0.717, 1.165) is 5.56 Å². The Hall–Kier alpha value is -1.51. The Bertz CT molecular complexity index is 553. The molecule has 3 N–H and O–H groups in total. The van der Waals surface area contributed by atoms with Crippen LogP contribution in [0.25, 0.3) is 0 Å². The standard InChI is InChI=1S/C12H18N4O3S/c13-20(18,19)16-6-3-11(4-7-16)12(17)15-9-10-2-1-5-14-8-10/h1-2,5,8,11H,3-4,6-7,9H2,(H,15,17)(H2,13,18,19). The molecule has 1 aliphatic heterocycles. The van der Waals surface area contributed by atoms with Gasteiger partial charge in [-0.05, 0) is 24.5 Å². The number of rotatable bonds is 4. The lowest BCUT2D eigenvalue weighted by atomic mass is 9.97. The quantitative estimate of drug-likeness (QED) is 0.790. The molecule has 8 heteroatoms. The third-order valence-corrected chi connectivity index (χ3v) is 4.46. The maximum atomic E-state index is 12.0. The molecule has 110 valence electrons. The van der Waals surface area contributed by atoms with E-state index >= 15 is 0 Å². The van der Waals surface area contributed by atoms with E-state index in [4.69, 9.17) is 5.14 Å². The fraction of sp³-hybridized carbons (Fsp3) is 0.500. The first-order valence-electron chi connectivity index (χ1n) is 6.41. The van der Waals surface area contributed by atoms with Crippen molar-refractivity contribution in [2.24, 2.45) is 11.1 Å². The third-order valence-electron chi connectivity index (χ3n) is 3.37. The Labute approximate surface area is 118 Å². The molecule has 20 heavy (non-hydrogen) atoms. The molecule has 0 bridgehead atoms. The highest BCUT2D eigenvalue weighted by Crippen LogP contribution is 2.18. The fourth-order valence-corrected chi connectivity index (χ4v) is 2.93. The van der Waals surface area contributed by atoms with Crippen LogP contribution in [0, 0.1) is 5.92 Å². The van der Waals surface area contributed by atoms with Crippen molar-refractivity contribution in [1.82, 2.24) is 14.6 Å². The Morgan fingerprint density at radius 2 is 2.15 bits per heavy atom. The minimum Gasteiger partial charge on any atom is -0.352 e. The summed E-state index contributed by atoms with van der Waals surface area (Å²) in [7, 11) is -3.64. The maximum Gasteiger partial charge on any atom is 0.276 e. The van der Waals surface area contributed by atoms with Crippen molar-refractivity contribution >= 4 is 16.1 Å². The van der Waals surface area contributed by atoms with Gasteiger partial charge in [-0.15, -0.1) is 0 Å². The first-order valence-corrected chi connectivity index (χ1v) is 7.91. The molecule has 1 aliphatic rings. The van der Waals surface area contributed by atoms with E-state index in [1.54, 1.807) is 12.4 Å². The summed E-state index contributed by atoms with van der Waals surface area (Å²) in [4.78, 5) is 16.0. The Kier molecular flexibility index (Phi) is 4.69. The van der Waals surface area contributed by atoms with Gasteiger partial charge >= 0.3 is 0 Å². The molecule has 1 amide bonds. The van der Waals surface area contributed by atoms with Crippen LogP contribution in [0.4, 0.5) is 0 Å². The monoisotopic (exact) mass is 298 g/mol. The van der Waals surface area contributed by atoms with Crippen LogP contribution in [0.1, 0.15) is 18.4 Å². The summed E-state index contributed by atoms with van der Waals surface area (Å²) in [6.07, 6.45) is 4.36. The average Bonchev–Trinajstić information content (AvgIpc) is 2.45. The van der Waals surface area contributed by atoms with Gasteiger partial charge in [0.25, 0.3) is 10.2 Å². The molecule has 7 nitrogen and oxygen atoms in total. The molecule has 0 unspecified atom stereocenters. The first kappa shape index (κ1) is 14.9. The van der Waals surface area contributed by atoms with Crippen LogP contribution in [0.2, 0.25) is 0 Å². The number of hydrogen-bond donors (Lipinski definition) is 2. The number of carbonyl (C=O) groups excluding carboxylic acids is 1. The van der Waals surface area contributed by atoms with Crippen LogP contribution in [0.3, 0.4) is 0 Å². The second-order valence-electron chi connectivity index (χ2n) is 4.80. The maximum absolute atomic E-state index is 12.0. The molecule has 0 atom stereocenters. The van der Waals surface area contributed by atoms with Gasteiger partial charge in [0, 0.05) is 37.9 Å². The molecule has 0 aliphatic carbocycles. The molecule has 1 aromatic heterocycles. The largest absolute Gasteiger partial charge is 0.352 e. The highest BCUT2D eigenvalue weighted by atomic mass is 32.2. The second-order valence-corrected chi connectivity index (χ2v) is 6.34. The van der Waals surface area contributed by atoms with E-state index in [1.165, 1.54) is 4.31 Å². The molecule has 2 heterocycles. The smallest absolute Gasteiger partial charge is 0.276 e. The molecule has 1 saturated heterocycles. The lowest BCUT2D eigenvalue weighted by Gasteiger charge is -2.29. The summed E-state index contributed by atoms with van der Waals surface area (Å²) < 4.78 is 23.5. The summed E-state index contributed by atoms with van der Waals surface area (Å²) in [5, 5.41) is 7.90. The van der Waals surface area contributed by atoms with E-state index in [0.29, 0.717) is 32.5 Å². The van der Waals surface area contributed by atoms with E-state index in [1.807, 2.05) is 12.1 Å². The summed E-state index contributed by atoms with van der Waals surface area (Å²) >= 11 is 0. The average molecular weight is 298 g/mol. The number of amides is 1. The van der Waals surface area contributed by atoms with Crippen molar-refractivity contribution in [2.45, 2.75) is 19.4 Å². The normalized spacial score (nSPS) is 17.9. The van der Waals surface area contributed by atoms with E-state index < -0.39 is 10.2 Å². The van der Waals surface area contributed by atoms with Crippen LogP contribution in [0.5, 0.6) is 0 Å². The van der Waals surface area contributed by atoms with Gasteiger partial charge in [-0.25, -0.2) is 5.14 Å². The van der Waals surface area contributed by atoms with Gasteiger partial charge in [-0.2, -0.15) is 12.7 Å². The summed E-state index contributed by atoms with van der Waals surface area (Å²) in [6, 6.07) is 3.70. The lowest BCUT2D eigenvalue weighted by molar-refractivity contribution is -0.126. The van der Waals surface area contributed by atoms with Gasteiger partial charge in [0.15, 0.2) is 0 Å². The second kappa shape index (κ2) is 6.29. The SMILES string of the molecule is NS(=O)(=O)N1CCC(C(=O)NCc2cccnc2)CC1. The molecule has 0 saturated carbocycles. The molecular formula is C12H18N4O3S. The van der Waals surface area contributed by atoms with Gasteiger partial charge in [0.05, 0.1) is 0 Å². The number of nitrogens with two attached hydrogens (primary N) is 1. The number of nitrogens with one attached hydrogen (secondary N) is 1. The van der Waals surface area contributed by atoms with Gasteiger partial charge < -0.3 is 5.32 Å². The number of nitrogens with zero attached hydrogens (tertiary/aromatic N) is 2. The van der Waals surface area contributed by atoms with Crippen molar-refractivity contribution in [2.75, 3.05) is 13.1 Å². The minimum absolute atomic E-state index is 0.0528. The van der Waals surface area contributed by atoms with Crippen LogP contribution in [-0.4, -0.2) is 36.7 Å². The first-order chi connectivity index (χ1) is 9.47. The number of aromatic nitrogens is 1. The van der Waals surface area contributed by atoms with Gasteiger partial charge in [-0.1, -0.05) is 6.07 Å². The molecule has 1 fully saturated rings. The van der Waals surface area contributed by atoms with Crippen LogP contribution in [-0.2, 0) is 21.5 Å². The molecule has 2 rings (SSSR count). The number of pyridine rings is 1. The zero-order chi connectivity index (χ0) is 14.6. The summed E-state index contributed by atoms with van der Waals surface area (Å²) in [5.41, 5.74) is 0.933. The third kappa shape index (κ3) is 3.99. The zero-order valence-corrected chi connectivity index (χ0v) is 11.8. The Balaban J connectivity index is 1.80. The highest BCUT2D eigenvalue weighted by molar-refractivity contribution is 7.86. The fourth-order valence-electron chi connectivity index (χ4n) is 2.21.